The number of ether oxygens (including phenoxy) is 2. The van der Waals surface area contributed by atoms with Crippen LogP contribution in [0, 0.1) is 6.92 Å². The summed E-state index contributed by atoms with van der Waals surface area (Å²) in [6, 6.07) is 14.5. The van der Waals surface area contributed by atoms with E-state index in [1.807, 2.05) is 24.0 Å². The number of aromatic nitrogens is 1. The van der Waals surface area contributed by atoms with Crippen LogP contribution in [0.1, 0.15) is 16.1 Å². The predicted molar refractivity (Wildman–Crippen MR) is 124 cm³/mol. The van der Waals surface area contributed by atoms with Crippen molar-refractivity contribution in [2.75, 3.05) is 46.5 Å². The van der Waals surface area contributed by atoms with Crippen molar-refractivity contribution in [3.05, 3.63) is 58.6 Å². The van der Waals surface area contributed by atoms with Crippen LogP contribution in [0.25, 0.3) is 10.2 Å². The van der Waals surface area contributed by atoms with E-state index in [2.05, 4.69) is 40.2 Å². The molecule has 2 aromatic carbocycles. The Morgan fingerprint density at radius 2 is 1.81 bits per heavy atom. The molecule has 0 aliphatic carbocycles. The monoisotopic (exact) mass is 439 g/mol. The SMILES string of the molecule is COc1ccc(CN2CCN(C(=O)COCCc3ccc4sc(C)nc4c3)CC2)cc1. The summed E-state index contributed by atoms with van der Waals surface area (Å²) in [4.78, 5) is 21.3. The number of nitrogens with zero attached hydrogens (tertiary/aromatic N) is 3. The lowest BCUT2D eigenvalue weighted by atomic mass is 10.1. The van der Waals surface area contributed by atoms with E-state index in [0.717, 1.165) is 55.4 Å². The number of piperazine rings is 1. The Morgan fingerprint density at radius 3 is 2.55 bits per heavy atom. The van der Waals surface area contributed by atoms with Crippen molar-refractivity contribution >= 4 is 27.5 Å². The Kier molecular flexibility index (Phi) is 7.17. The summed E-state index contributed by atoms with van der Waals surface area (Å²) in [5.41, 5.74) is 3.50. The van der Waals surface area contributed by atoms with Gasteiger partial charge in [0.05, 0.1) is 28.9 Å². The Balaban J connectivity index is 1.15. The standard InChI is InChI=1S/C24H29N3O3S/c1-18-25-22-15-19(5-8-23(22)31-18)9-14-30-17-24(28)27-12-10-26(11-13-27)16-20-3-6-21(29-2)7-4-20/h3-8,15H,9-14,16-17H2,1-2H3. The molecule has 164 valence electrons. The van der Waals surface area contributed by atoms with E-state index in [-0.39, 0.29) is 12.5 Å². The normalized spacial score (nSPS) is 14.8. The molecule has 0 unspecified atom stereocenters. The average Bonchev–Trinajstić information content (AvgIpc) is 3.17. The number of hydrogen-bond donors (Lipinski definition) is 0. The number of aryl methyl sites for hydroxylation is 1. The first-order chi connectivity index (χ1) is 15.1. The fourth-order valence-electron chi connectivity index (χ4n) is 3.83. The number of carbonyl (C=O) groups is 1. The fraction of sp³-hybridized carbons (Fsp3) is 0.417. The first kappa shape index (κ1) is 21.7. The zero-order chi connectivity index (χ0) is 21.6. The second kappa shape index (κ2) is 10.2. The van der Waals surface area contributed by atoms with Gasteiger partial charge in [0.2, 0.25) is 5.91 Å². The molecule has 0 spiro atoms. The Labute approximate surface area is 187 Å². The van der Waals surface area contributed by atoms with Gasteiger partial charge < -0.3 is 14.4 Å². The van der Waals surface area contributed by atoms with Gasteiger partial charge in [0, 0.05) is 32.7 Å². The van der Waals surface area contributed by atoms with Crippen molar-refractivity contribution in [1.82, 2.24) is 14.8 Å². The number of carbonyl (C=O) groups excluding carboxylic acids is 1. The predicted octanol–water partition coefficient (Wildman–Crippen LogP) is 3.52. The fourth-order valence-corrected chi connectivity index (χ4v) is 4.64. The van der Waals surface area contributed by atoms with Crippen molar-refractivity contribution in [1.29, 1.82) is 0 Å². The van der Waals surface area contributed by atoms with Crippen LogP contribution >= 0.6 is 11.3 Å². The van der Waals surface area contributed by atoms with Gasteiger partial charge in [-0.25, -0.2) is 4.98 Å². The summed E-state index contributed by atoms with van der Waals surface area (Å²) in [7, 11) is 1.68. The topological polar surface area (TPSA) is 54.9 Å². The van der Waals surface area contributed by atoms with Crippen molar-refractivity contribution in [2.45, 2.75) is 19.9 Å². The first-order valence-electron chi connectivity index (χ1n) is 10.7. The van der Waals surface area contributed by atoms with Gasteiger partial charge in [-0.2, -0.15) is 0 Å². The minimum absolute atomic E-state index is 0.0784. The van der Waals surface area contributed by atoms with Crippen molar-refractivity contribution in [2.24, 2.45) is 0 Å². The summed E-state index contributed by atoms with van der Waals surface area (Å²) in [5.74, 6) is 0.951. The number of rotatable bonds is 8. The highest BCUT2D eigenvalue weighted by molar-refractivity contribution is 7.18. The van der Waals surface area contributed by atoms with E-state index < -0.39 is 0 Å². The number of fused-ring (bicyclic) bond motifs is 1. The maximum Gasteiger partial charge on any atom is 0.248 e. The van der Waals surface area contributed by atoms with E-state index in [0.29, 0.717) is 6.61 Å². The number of amides is 1. The summed E-state index contributed by atoms with van der Waals surface area (Å²) in [6.07, 6.45) is 0.787. The van der Waals surface area contributed by atoms with Crippen LogP contribution in [0.15, 0.2) is 42.5 Å². The van der Waals surface area contributed by atoms with Gasteiger partial charge in [0.25, 0.3) is 0 Å². The first-order valence-corrected chi connectivity index (χ1v) is 11.5. The second-order valence-electron chi connectivity index (χ2n) is 7.84. The molecule has 1 fully saturated rings. The van der Waals surface area contributed by atoms with Gasteiger partial charge >= 0.3 is 0 Å². The molecular weight excluding hydrogens is 410 g/mol. The summed E-state index contributed by atoms with van der Waals surface area (Å²) in [5, 5.41) is 1.08. The molecule has 2 heterocycles. The van der Waals surface area contributed by atoms with Crippen LogP contribution in [0.4, 0.5) is 0 Å². The van der Waals surface area contributed by atoms with Crippen LogP contribution in [0.3, 0.4) is 0 Å². The lowest BCUT2D eigenvalue weighted by Gasteiger charge is -2.34. The number of methoxy groups -OCH3 is 1. The van der Waals surface area contributed by atoms with E-state index in [4.69, 9.17) is 9.47 Å². The largest absolute Gasteiger partial charge is 0.497 e. The summed E-state index contributed by atoms with van der Waals surface area (Å²) in [6.45, 7) is 6.86. The number of thiazole rings is 1. The molecule has 4 rings (SSSR count). The molecule has 6 nitrogen and oxygen atoms in total. The van der Waals surface area contributed by atoms with Gasteiger partial charge in [0.15, 0.2) is 0 Å². The summed E-state index contributed by atoms with van der Waals surface area (Å²) >= 11 is 1.71. The molecular formula is C24H29N3O3S. The highest BCUT2D eigenvalue weighted by atomic mass is 32.1. The Hall–Kier alpha value is -2.48. The van der Waals surface area contributed by atoms with E-state index in [9.17, 15) is 4.79 Å². The van der Waals surface area contributed by atoms with Gasteiger partial charge in [-0.1, -0.05) is 18.2 Å². The zero-order valence-electron chi connectivity index (χ0n) is 18.2. The summed E-state index contributed by atoms with van der Waals surface area (Å²) < 4.78 is 12.1. The van der Waals surface area contributed by atoms with Crippen LogP contribution < -0.4 is 4.74 Å². The van der Waals surface area contributed by atoms with E-state index in [1.54, 1.807) is 18.4 Å². The molecule has 1 aromatic heterocycles. The maximum absolute atomic E-state index is 12.5. The molecule has 1 aliphatic heterocycles. The van der Waals surface area contributed by atoms with Gasteiger partial charge in [-0.15, -0.1) is 11.3 Å². The van der Waals surface area contributed by atoms with Crippen molar-refractivity contribution < 1.29 is 14.3 Å². The third-order valence-electron chi connectivity index (χ3n) is 5.61. The molecule has 1 amide bonds. The van der Waals surface area contributed by atoms with E-state index in [1.165, 1.54) is 15.8 Å². The van der Waals surface area contributed by atoms with Crippen LogP contribution in [-0.2, 0) is 22.5 Å². The zero-order valence-corrected chi connectivity index (χ0v) is 19.0. The van der Waals surface area contributed by atoms with Crippen LogP contribution in [0.5, 0.6) is 5.75 Å². The van der Waals surface area contributed by atoms with Crippen LogP contribution in [0.2, 0.25) is 0 Å². The van der Waals surface area contributed by atoms with Crippen LogP contribution in [-0.4, -0.2) is 67.2 Å². The minimum atomic E-state index is 0.0784. The average molecular weight is 440 g/mol. The molecule has 1 saturated heterocycles. The molecule has 0 atom stereocenters. The van der Waals surface area contributed by atoms with Gasteiger partial charge in [-0.3, -0.25) is 9.69 Å². The Morgan fingerprint density at radius 1 is 1.06 bits per heavy atom. The second-order valence-corrected chi connectivity index (χ2v) is 9.08. The number of hydrogen-bond acceptors (Lipinski definition) is 6. The lowest BCUT2D eigenvalue weighted by Crippen LogP contribution is -2.49. The smallest absolute Gasteiger partial charge is 0.248 e. The molecule has 1 aliphatic rings. The third-order valence-corrected chi connectivity index (χ3v) is 6.56. The molecule has 7 heteroatoms. The molecule has 0 radical (unpaired) electrons. The highest BCUT2D eigenvalue weighted by Crippen LogP contribution is 2.22. The quantitative estimate of drug-likeness (QED) is 0.503. The number of benzene rings is 2. The van der Waals surface area contributed by atoms with Crippen molar-refractivity contribution in [3.8, 4) is 5.75 Å². The van der Waals surface area contributed by atoms with Gasteiger partial charge in [-0.05, 0) is 48.7 Å². The van der Waals surface area contributed by atoms with E-state index >= 15 is 0 Å². The maximum atomic E-state index is 12.5. The highest BCUT2D eigenvalue weighted by Gasteiger charge is 2.21. The third kappa shape index (κ3) is 5.81. The molecule has 3 aromatic rings. The lowest BCUT2D eigenvalue weighted by molar-refractivity contribution is -0.137. The molecule has 0 bridgehead atoms. The molecule has 0 N–H and O–H groups in total. The van der Waals surface area contributed by atoms with Crippen molar-refractivity contribution in [3.63, 3.8) is 0 Å². The Bertz CT molecular complexity index is 1010. The minimum Gasteiger partial charge on any atom is -0.497 e. The molecule has 31 heavy (non-hydrogen) atoms. The molecule has 0 saturated carbocycles. The van der Waals surface area contributed by atoms with Gasteiger partial charge in [0.1, 0.15) is 12.4 Å².